The third kappa shape index (κ3) is 4.42. The molecule has 0 spiro atoms. The molecule has 1 aliphatic rings. The molecule has 2 atom stereocenters. The maximum atomic E-state index is 13.3. The Bertz CT molecular complexity index is 870. The summed E-state index contributed by atoms with van der Waals surface area (Å²) in [6, 6.07) is 5.27. The molecule has 2 N–H and O–H groups in total. The van der Waals surface area contributed by atoms with Gasteiger partial charge >= 0.3 is 6.18 Å². The molecule has 1 fully saturated rings. The van der Waals surface area contributed by atoms with Crippen LogP contribution in [-0.2, 0) is 15.8 Å². The standard InChI is InChI=1S/C18H17F3N4O2/c1-10(26)24-15-8-11(4-6-22-15)12-7-14(25-16(27)9-12)13-3-2-5-23-17(13)18(19,20)21/h2-6,8,12,14H,7,9H2,1H3,(H,25,27)(H,22,24,26). The zero-order valence-electron chi connectivity index (χ0n) is 14.4. The van der Waals surface area contributed by atoms with E-state index in [0.717, 1.165) is 11.8 Å². The predicted molar refractivity (Wildman–Crippen MR) is 90.6 cm³/mol. The molecular weight excluding hydrogens is 361 g/mol. The highest BCUT2D eigenvalue weighted by atomic mass is 19.4. The summed E-state index contributed by atoms with van der Waals surface area (Å²) in [4.78, 5) is 30.8. The van der Waals surface area contributed by atoms with Crippen LogP contribution in [0, 0.1) is 0 Å². The number of alkyl halides is 3. The molecule has 0 aromatic carbocycles. The van der Waals surface area contributed by atoms with E-state index in [4.69, 9.17) is 0 Å². The van der Waals surface area contributed by atoms with Crippen molar-refractivity contribution in [2.24, 2.45) is 0 Å². The first kappa shape index (κ1) is 18.8. The Labute approximate surface area is 153 Å². The number of rotatable bonds is 3. The van der Waals surface area contributed by atoms with Crippen molar-refractivity contribution in [3.63, 3.8) is 0 Å². The fourth-order valence-electron chi connectivity index (χ4n) is 3.25. The van der Waals surface area contributed by atoms with Crippen molar-refractivity contribution in [2.45, 2.75) is 37.9 Å². The second-order valence-corrected chi connectivity index (χ2v) is 6.35. The normalized spacial score (nSPS) is 20.1. The van der Waals surface area contributed by atoms with Gasteiger partial charge in [0.25, 0.3) is 0 Å². The summed E-state index contributed by atoms with van der Waals surface area (Å²) in [5.41, 5.74) is -0.324. The van der Waals surface area contributed by atoms with Gasteiger partial charge in [-0.2, -0.15) is 13.2 Å². The molecule has 2 aromatic rings. The lowest BCUT2D eigenvalue weighted by molar-refractivity contribution is -0.142. The van der Waals surface area contributed by atoms with E-state index in [-0.39, 0.29) is 36.1 Å². The summed E-state index contributed by atoms with van der Waals surface area (Å²) >= 11 is 0. The summed E-state index contributed by atoms with van der Waals surface area (Å²) < 4.78 is 39.8. The van der Waals surface area contributed by atoms with Gasteiger partial charge in [-0.3, -0.25) is 14.6 Å². The van der Waals surface area contributed by atoms with Gasteiger partial charge in [0.05, 0.1) is 6.04 Å². The van der Waals surface area contributed by atoms with Gasteiger partial charge in [-0.05, 0) is 36.1 Å². The summed E-state index contributed by atoms with van der Waals surface area (Å²) in [5, 5.41) is 5.19. The Kier molecular flexibility index (Phi) is 5.11. The molecule has 0 bridgehead atoms. The molecule has 3 heterocycles. The molecule has 2 aromatic heterocycles. The molecule has 6 nitrogen and oxygen atoms in total. The Morgan fingerprint density at radius 2 is 2.04 bits per heavy atom. The molecule has 1 saturated heterocycles. The van der Waals surface area contributed by atoms with E-state index in [2.05, 4.69) is 20.6 Å². The number of pyridine rings is 2. The quantitative estimate of drug-likeness (QED) is 0.859. The number of hydrogen-bond acceptors (Lipinski definition) is 4. The van der Waals surface area contributed by atoms with Gasteiger partial charge in [0, 0.05) is 31.3 Å². The molecule has 0 aliphatic carbocycles. The van der Waals surface area contributed by atoms with Crippen LogP contribution in [0.4, 0.5) is 19.0 Å². The molecule has 2 amide bonds. The number of aromatic nitrogens is 2. The SMILES string of the molecule is CC(=O)Nc1cc(C2CC(=O)NC(c3cccnc3C(F)(F)F)C2)ccn1. The van der Waals surface area contributed by atoms with E-state index in [1.54, 1.807) is 12.1 Å². The Morgan fingerprint density at radius 3 is 2.74 bits per heavy atom. The monoisotopic (exact) mass is 378 g/mol. The van der Waals surface area contributed by atoms with Gasteiger partial charge < -0.3 is 10.6 Å². The number of nitrogens with zero attached hydrogens (tertiary/aromatic N) is 2. The van der Waals surface area contributed by atoms with Crippen LogP contribution in [-0.4, -0.2) is 21.8 Å². The van der Waals surface area contributed by atoms with Gasteiger partial charge in [0.15, 0.2) is 0 Å². The number of amides is 2. The average molecular weight is 378 g/mol. The van der Waals surface area contributed by atoms with Crippen molar-refractivity contribution in [3.05, 3.63) is 53.5 Å². The fourth-order valence-corrected chi connectivity index (χ4v) is 3.25. The molecular formula is C18H17F3N4O2. The summed E-state index contributed by atoms with van der Waals surface area (Å²) in [5.74, 6) is -0.601. The number of nitrogens with one attached hydrogen (secondary N) is 2. The highest BCUT2D eigenvalue weighted by Crippen LogP contribution is 2.39. The van der Waals surface area contributed by atoms with Crippen molar-refractivity contribution in [3.8, 4) is 0 Å². The Morgan fingerprint density at radius 1 is 1.26 bits per heavy atom. The second kappa shape index (κ2) is 7.34. The van der Waals surface area contributed by atoms with Crippen LogP contribution in [0.3, 0.4) is 0 Å². The van der Waals surface area contributed by atoms with Crippen LogP contribution in [0.15, 0.2) is 36.7 Å². The molecule has 9 heteroatoms. The van der Waals surface area contributed by atoms with Crippen molar-refractivity contribution in [1.82, 2.24) is 15.3 Å². The van der Waals surface area contributed by atoms with Crippen LogP contribution in [0.2, 0.25) is 0 Å². The number of halogens is 3. The number of carbonyl (C=O) groups excluding carboxylic acids is 2. The highest BCUT2D eigenvalue weighted by molar-refractivity contribution is 5.87. The lowest BCUT2D eigenvalue weighted by Gasteiger charge is -2.31. The smallest absolute Gasteiger partial charge is 0.349 e. The van der Waals surface area contributed by atoms with E-state index in [0.29, 0.717) is 5.82 Å². The minimum absolute atomic E-state index is 0.0563. The molecule has 1 aliphatic heterocycles. The van der Waals surface area contributed by atoms with Crippen molar-refractivity contribution in [2.75, 3.05) is 5.32 Å². The molecule has 27 heavy (non-hydrogen) atoms. The van der Waals surface area contributed by atoms with Gasteiger partial charge in [0.1, 0.15) is 11.5 Å². The molecule has 2 unspecified atom stereocenters. The van der Waals surface area contributed by atoms with E-state index < -0.39 is 17.9 Å². The number of piperidine rings is 1. The summed E-state index contributed by atoms with van der Waals surface area (Å²) in [7, 11) is 0. The van der Waals surface area contributed by atoms with E-state index in [9.17, 15) is 22.8 Å². The van der Waals surface area contributed by atoms with Crippen LogP contribution in [0.25, 0.3) is 0 Å². The molecule has 142 valence electrons. The lowest BCUT2D eigenvalue weighted by Crippen LogP contribution is -2.37. The van der Waals surface area contributed by atoms with Gasteiger partial charge in [-0.1, -0.05) is 6.07 Å². The first-order valence-electron chi connectivity index (χ1n) is 8.29. The first-order valence-corrected chi connectivity index (χ1v) is 8.29. The van der Waals surface area contributed by atoms with Crippen molar-refractivity contribution < 1.29 is 22.8 Å². The van der Waals surface area contributed by atoms with Crippen LogP contribution < -0.4 is 10.6 Å². The largest absolute Gasteiger partial charge is 0.433 e. The van der Waals surface area contributed by atoms with Crippen molar-refractivity contribution in [1.29, 1.82) is 0 Å². The van der Waals surface area contributed by atoms with Gasteiger partial charge in [0.2, 0.25) is 11.8 Å². The minimum Gasteiger partial charge on any atom is -0.349 e. The minimum atomic E-state index is -4.61. The topological polar surface area (TPSA) is 84.0 Å². The van der Waals surface area contributed by atoms with E-state index in [1.165, 1.54) is 25.3 Å². The fraction of sp³-hybridized carbons (Fsp3) is 0.333. The summed E-state index contributed by atoms with van der Waals surface area (Å²) in [6.07, 6.45) is -1.61. The van der Waals surface area contributed by atoms with Crippen molar-refractivity contribution >= 4 is 17.6 Å². The number of hydrogen-bond donors (Lipinski definition) is 2. The lowest BCUT2D eigenvalue weighted by atomic mass is 9.83. The van der Waals surface area contributed by atoms with E-state index >= 15 is 0 Å². The maximum absolute atomic E-state index is 13.3. The van der Waals surface area contributed by atoms with E-state index in [1.807, 2.05) is 0 Å². The van der Waals surface area contributed by atoms with Crippen LogP contribution >= 0.6 is 0 Å². The third-order valence-electron chi connectivity index (χ3n) is 4.33. The van der Waals surface area contributed by atoms with Gasteiger partial charge in [-0.25, -0.2) is 4.98 Å². The second-order valence-electron chi connectivity index (χ2n) is 6.35. The number of anilines is 1. The Balaban J connectivity index is 1.90. The number of carbonyl (C=O) groups is 2. The van der Waals surface area contributed by atoms with Crippen LogP contribution in [0.1, 0.15) is 48.5 Å². The molecule has 0 saturated carbocycles. The highest BCUT2D eigenvalue weighted by Gasteiger charge is 2.39. The Hall–Kier alpha value is -2.97. The maximum Gasteiger partial charge on any atom is 0.433 e. The zero-order chi connectivity index (χ0) is 19.6. The average Bonchev–Trinajstić information content (AvgIpc) is 2.60. The predicted octanol–water partition coefficient (Wildman–Crippen LogP) is 3.19. The third-order valence-corrected chi connectivity index (χ3v) is 4.33. The first-order chi connectivity index (χ1) is 12.7. The molecule has 3 rings (SSSR count). The zero-order valence-corrected chi connectivity index (χ0v) is 14.4. The summed E-state index contributed by atoms with van der Waals surface area (Å²) in [6.45, 7) is 1.35. The molecule has 0 radical (unpaired) electrons. The van der Waals surface area contributed by atoms with Gasteiger partial charge in [-0.15, -0.1) is 0 Å². The van der Waals surface area contributed by atoms with Crippen LogP contribution in [0.5, 0.6) is 0 Å².